The maximum atomic E-state index is 12.9. The van der Waals surface area contributed by atoms with E-state index in [0.717, 1.165) is 12.8 Å². The molecule has 2 atom stereocenters. The molecular weight excluding hydrogens is 201 g/mol. The second kappa shape index (κ2) is 6.64. The highest BCUT2D eigenvalue weighted by Gasteiger charge is 2.19. The van der Waals surface area contributed by atoms with Crippen molar-refractivity contribution >= 4 is 0 Å². The topological polar surface area (TPSA) is 12.0 Å². The Morgan fingerprint density at radius 3 is 2.25 bits per heavy atom. The molecule has 1 aromatic carbocycles. The summed E-state index contributed by atoms with van der Waals surface area (Å²) in [5, 5.41) is 3.37. The first-order chi connectivity index (χ1) is 7.72. The van der Waals surface area contributed by atoms with Gasteiger partial charge >= 0.3 is 0 Å². The Hall–Kier alpha value is -0.890. The van der Waals surface area contributed by atoms with Crippen LogP contribution in [0.1, 0.15) is 44.6 Å². The maximum absolute atomic E-state index is 12.9. The van der Waals surface area contributed by atoms with Crippen LogP contribution in [0.3, 0.4) is 0 Å². The average Bonchev–Trinajstić information content (AvgIpc) is 2.31. The van der Waals surface area contributed by atoms with E-state index in [1.807, 2.05) is 19.2 Å². The summed E-state index contributed by atoms with van der Waals surface area (Å²) in [5.74, 6) is 0.320. The van der Waals surface area contributed by atoms with E-state index in [4.69, 9.17) is 0 Å². The van der Waals surface area contributed by atoms with Crippen LogP contribution >= 0.6 is 0 Å². The third kappa shape index (κ3) is 3.31. The minimum Gasteiger partial charge on any atom is -0.316 e. The molecule has 0 aliphatic rings. The molecule has 2 heteroatoms. The zero-order valence-corrected chi connectivity index (χ0v) is 10.5. The number of likely N-dealkylation sites (N-methyl/N-ethyl adjacent to an activating group) is 1. The fourth-order valence-corrected chi connectivity index (χ4v) is 2.32. The van der Waals surface area contributed by atoms with Crippen LogP contribution in [0.4, 0.5) is 4.39 Å². The van der Waals surface area contributed by atoms with Gasteiger partial charge in [0.25, 0.3) is 0 Å². The van der Waals surface area contributed by atoms with Gasteiger partial charge in [0, 0.05) is 6.04 Å². The molecule has 0 aromatic heterocycles. The van der Waals surface area contributed by atoms with E-state index in [9.17, 15) is 4.39 Å². The lowest BCUT2D eigenvalue weighted by atomic mass is 9.87. The molecule has 1 rings (SSSR count). The minimum atomic E-state index is -0.157. The van der Waals surface area contributed by atoms with Crippen LogP contribution in [-0.2, 0) is 0 Å². The Bertz CT molecular complexity index is 294. The Labute approximate surface area is 98.1 Å². The molecule has 0 heterocycles. The molecule has 1 N–H and O–H groups in total. The fourth-order valence-electron chi connectivity index (χ4n) is 2.32. The molecular formula is C14H22FN. The summed E-state index contributed by atoms with van der Waals surface area (Å²) in [6, 6.07) is 7.40. The molecule has 2 unspecified atom stereocenters. The van der Waals surface area contributed by atoms with Crippen molar-refractivity contribution in [3.8, 4) is 0 Å². The van der Waals surface area contributed by atoms with Gasteiger partial charge in [-0.1, -0.05) is 32.4 Å². The van der Waals surface area contributed by atoms with Gasteiger partial charge in [0.1, 0.15) is 5.82 Å². The van der Waals surface area contributed by atoms with Crippen LogP contribution < -0.4 is 5.32 Å². The van der Waals surface area contributed by atoms with Crippen molar-refractivity contribution in [3.05, 3.63) is 35.6 Å². The van der Waals surface area contributed by atoms with Crippen LogP contribution in [0.15, 0.2) is 24.3 Å². The Morgan fingerprint density at radius 1 is 1.19 bits per heavy atom. The first kappa shape index (κ1) is 13.2. The minimum absolute atomic E-state index is 0.157. The summed E-state index contributed by atoms with van der Waals surface area (Å²) in [6.07, 6.45) is 3.41. The number of nitrogens with one attached hydrogen (secondary N) is 1. The molecule has 0 saturated heterocycles. The van der Waals surface area contributed by atoms with Gasteiger partial charge in [0.15, 0.2) is 0 Å². The zero-order chi connectivity index (χ0) is 12.0. The Kier molecular flexibility index (Phi) is 5.47. The lowest BCUT2D eigenvalue weighted by molar-refractivity contribution is 0.421. The summed E-state index contributed by atoms with van der Waals surface area (Å²) in [7, 11) is 2.01. The lowest BCUT2D eigenvalue weighted by Crippen LogP contribution is -2.31. The second-order valence-corrected chi connectivity index (χ2v) is 4.25. The predicted octanol–water partition coefficient (Wildman–Crippen LogP) is 3.71. The van der Waals surface area contributed by atoms with E-state index in [2.05, 4.69) is 19.2 Å². The fraction of sp³-hybridized carbons (Fsp3) is 0.571. The van der Waals surface area contributed by atoms with Crippen LogP contribution in [0, 0.1) is 5.82 Å². The summed E-state index contributed by atoms with van der Waals surface area (Å²) in [4.78, 5) is 0. The van der Waals surface area contributed by atoms with Gasteiger partial charge in [-0.15, -0.1) is 0 Å². The van der Waals surface area contributed by atoms with Gasteiger partial charge in [0.2, 0.25) is 0 Å². The van der Waals surface area contributed by atoms with Crippen molar-refractivity contribution in [2.45, 2.75) is 45.1 Å². The Morgan fingerprint density at radius 2 is 1.81 bits per heavy atom. The summed E-state index contributed by atoms with van der Waals surface area (Å²) < 4.78 is 12.9. The third-order valence-electron chi connectivity index (χ3n) is 3.19. The number of hydrogen-bond acceptors (Lipinski definition) is 1. The van der Waals surface area contributed by atoms with E-state index in [0.29, 0.717) is 12.0 Å². The van der Waals surface area contributed by atoms with Crippen LogP contribution in [0.25, 0.3) is 0 Å². The molecule has 0 spiro atoms. The van der Waals surface area contributed by atoms with E-state index in [1.165, 1.54) is 12.0 Å². The van der Waals surface area contributed by atoms with Gasteiger partial charge < -0.3 is 5.32 Å². The molecule has 0 aliphatic carbocycles. The maximum Gasteiger partial charge on any atom is 0.123 e. The first-order valence-corrected chi connectivity index (χ1v) is 6.15. The van der Waals surface area contributed by atoms with Crippen LogP contribution in [0.5, 0.6) is 0 Å². The number of halogens is 1. The van der Waals surface area contributed by atoms with Crippen LogP contribution in [0.2, 0.25) is 0 Å². The molecule has 0 bridgehead atoms. The van der Waals surface area contributed by atoms with Crippen LogP contribution in [-0.4, -0.2) is 13.1 Å². The largest absolute Gasteiger partial charge is 0.316 e. The summed E-state index contributed by atoms with van der Waals surface area (Å²) in [5.41, 5.74) is 1.23. The monoisotopic (exact) mass is 223 g/mol. The van der Waals surface area contributed by atoms with E-state index >= 15 is 0 Å². The van der Waals surface area contributed by atoms with Gasteiger partial charge in [-0.05, 0) is 43.5 Å². The summed E-state index contributed by atoms with van der Waals surface area (Å²) in [6.45, 7) is 4.38. The van der Waals surface area contributed by atoms with Crippen molar-refractivity contribution in [3.63, 3.8) is 0 Å². The van der Waals surface area contributed by atoms with Gasteiger partial charge in [0.05, 0.1) is 0 Å². The Balaban J connectivity index is 2.83. The zero-order valence-electron chi connectivity index (χ0n) is 10.5. The number of rotatable bonds is 6. The molecule has 16 heavy (non-hydrogen) atoms. The normalized spacial score (nSPS) is 14.8. The van der Waals surface area contributed by atoms with Gasteiger partial charge in [-0.2, -0.15) is 0 Å². The van der Waals surface area contributed by atoms with E-state index in [-0.39, 0.29) is 5.82 Å². The molecule has 1 nitrogen and oxygen atoms in total. The first-order valence-electron chi connectivity index (χ1n) is 6.15. The SMILES string of the molecule is CCCC(NC)C(CC)c1ccc(F)cc1. The number of benzene rings is 1. The van der Waals surface area contributed by atoms with E-state index < -0.39 is 0 Å². The predicted molar refractivity (Wildman–Crippen MR) is 67.2 cm³/mol. The molecule has 1 aromatic rings. The van der Waals surface area contributed by atoms with Crippen molar-refractivity contribution in [2.24, 2.45) is 0 Å². The molecule has 90 valence electrons. The smallest absolute Gasteiger partial charge is 0.123 e. The standard InChI is InChI=1S/C14H22FN/c1-4-6-14(16-3)13(5-2)11-7-9-12(15)10-8-11/h7-10,13-14,16H,4-6H2,1-3H3. The molecule has 0 amide bonds. The molecule has 0 radical (unpaired) electrons. The van der Waals surface area contributed by atoms with Crippen molar-refractivity contribution in [2.75, 3.05) is 7.05 Å². The van der Waals surface area contributed by atoms with E-state index in [1.54, 1.807) is 12.1 Å². The third-order valence-corrected chi connectivity index (χ3v) is 3.19. The molecule has 0 saturated carbocycles. The highest BCUT2D eigenvalue weighted by molar-refractivity contribution is 5.22. The number of hydrogen-bond donors (Lipinski definition) is 1. The van der Waals surface area contributed by atoms with Crippen molar-refractivity contribution in [1.82, 2.24) is 5.32 Å². The highest BCUT2D eigenvalue weighted by Crippen LogP contribution is 2.25. The second-order valence-electron chi connectivity index (χ2n) is 4.25. The van der Waals surface area contributed by atoms with Gasteiger partial charge in [-0.3, -0.25) is 0 Å². The quantitative estimate of drug-likeness (QED) is 0.775. The van der Waals surface area contributed by atoms with Crippen molar-refractivity contribution in [1.29, 1.82) is 0 Å². The van der Waals surface area contributed by atoms with Gasteiger partial charge in [-0.25, -0.2) is 4.39 Å². The lowest BCUT2D eigenvalue weighted by Gasteiger charge is -2.26. The summed E-state index contributed by atoms with van der Waals surface area (Å²) >= 11 is 0. The molecule has 0 aliphatic heterocycles. The van der Waals surface area contributed by atoms with Crippen molar-refractivity contribution < 1.29 is 4.39 Å². The highest BCUT2D eigenvalue weighted by atomic mass is 19.1. The molecule has 0 fully saturated rings. The average molecular weight is 223 g/mol.